The number of likely N-dealkylation sites (N-methyl/N-ethyl adjacent to an activating group) is 1. The van der Waals surface area contributed by atoms with Gasteiger partial charge in [0.15, 0.2) is 11.4 Å². The van der Waals surface area contributed by atoms with Crippen molar-refractivity contribution in [2.24, 2.45) is 5.92 Å². The summed E-state index contributed by atoms with van der Waals surface area (Å²) >= 11 is 5.74. The molecule has 0 radical (unpaired) electrons. The van der Waals surface area contributed by atoms with Crippen molar-refractivity contribution < 1.29 is 24.2 Å². The van der Waals surface area contributed by atoms with E-state index in [0.717, 1.165) is 0 Å². The Hall–Kier alpha value is -2.91. The molecule has 1 spiro atoms. The maximum atomic E-state index is 14.1. The molecule has 2 atom stereocenters. The van der Waals surface area contributed by atoms with Crippen molar-refractivity contribution in [3.8, 4) is 5.75 Å². The first kappa shape index (κ1) is 21.3. The van der Waals surface area contributed by atoms with Gasteiger partial charge < -0.3 is 25.0 Å². The van der Waals surface area contributed by atoms with Crippen LogP contribution in [0.1, 0.15) is 39.8 Å². The van der Waals surface area contributed by atoms with Crippen molar-refractivity contribution in [1.82, 2.24) is 14.8 Å². The molecule has 1 aromatic carbocycles. The second kappa shape index (κ2) is 7.65. The maximum absolute atomic E-state index is 14.1. The summed E-state index contributed by atoms with van der Waals surface area (Å²) in [5, 5.41) is 22.6. The normalized spacial score (nSPS) is 21.9. The van der Waals surface area contributed by atoms with Gasteiger partial charge in [0.1, 0.15) is 11.4 Å². The quantitative estimate of drug-likeness (QED) is 0.640. The molecule has 164 valence electrons. The molecule has 0 unspecified atom stereocenters. The van der Waals surface area contributed by atoms with Gasteiger partial charge in [-0.1, -0.05) is 23.7 Å². The number of aliphatic hydroxyl groups excluding tert-OH is 1. The number of hydrogen-bond donors (Lipinski definition) is 3. The molecule has 10 heteroatoms. The smallest absolute Gasteiger partial charge is 0.274 e. The molecule has 31 heavy (non-hydrogen) atoms. The first-order valence-corrected chi connectivity index (χ1v) is 10.2. The molecular formula is C21H21ClFN3O5. The van der Waals surface area contributed by atoms with E-state index >= 15 is 0 Å². The number of benzene rings is 1. The summed E-state index contributed by atoms with van der Waals surface area (Å²) in [5.74, 6) is -3.00. The van der Waals surface area contributed by atoms with Gasteiger partial charge in [-0.3, -0.25) is 14.4 Å². The first-order chi connectivity index (χ1) is 14.7. The topological polar surface area (TPSA) is 112 Å². The second-order valence-corrected chi connectivity index (χ2v) is 8.25. The van der Waals surface area contributed by atoms with Gasteiger partial charge in [0.2, 0.25) is 5.43 Å². The van der Waals surface area contributed by atoms with Crippen LogP contribution in [0.5, 0.6) is 5.75 Å². The van der Waals surface area contributed by atoms with Gasteiger partial charge >= 0.3 is 0 Å². The summed E-state index contributed by atoms with van der Waals surface area (Å²) < 4.78 is 15.5. The van der Waals surface area contributed by atoms with E-state index in [2.05, 4.69) is 5.32 Å². The fourth-order valence-corrected chi connectivity index (χ4v) is 4.44. The molecule has 2 amide bonds. The van der Waals surface area contributed by atoms with Crippen molar-refractivity contribution in [3.63, 3.8) is 0 Å². The van der Waals surface area contributed by atoms with E-state index in [1.165, 1.54) is 33.9 Å². The standard InChI is InChI=1S/C21H21ClFN3O5/c1-2-25-10-21(6-12(21)9-27)26-8-13(17(28)18(29)16(26)20(25)31)19(30)24-7-11-4-3-5-14(22)15(11)23/h3-5,8,12,27,29H,2,6-7,9-10H2,1H3,(H,24,30)/t12-,21-/m1/s1. The van der Waals surface area contributed by atoms with Crippen LogP contribution in [0.4, 0.5) is 4.39 Å². The van der Waals surface area contributed by atoms with Crippen molar-refractivity contribution in [2.45, 2.75) is 25.4 Å². The Labute approximate surface area is 181 Å². The molecule has 2 heterocycles. The molecule has 2 aromatic rings. The van der Waals surface area contributed by atoms with E-state index < -0.39 is 34.3 Å². The van der Waals surface area contributed by atoms with Gasteiger partial charge in [-0.2, -0.15) is 0 Å². The van der Waals surface area contributed by atoms with E-state index in [1.54, 1.807) is 6.92 Å². The van der Waals surface area contributed by atoms with E-state index in [0.29, 0.717) is 19.5 Å². The van der Waals surface area contributed by atoms with Crippen molar-refractivity contribution in [3.05, 3.63) is 62.3 Å². The molecule has 1 aromatic heterocycles. The number of fused-ring (bicyclic) bond motifs is 2. The van der Waals surface area contributed by atoms with Crippen molar-refractivity contribution in [2.75, 3.05) is 19.7 Å². The van der Waals surface area contributed by atoms with Crippen LogP contribution in [-0.4, -0.2) is 51.2 Å². The lowest BCUT2D eigenvalue weighted by Crippen LogP contribution is -2.49. The largest absolute Gasteiger partial charge is 0.503 e. The Kier molecular flexibility index (Phi) is 5.26. The summed E-state index contributed by atoms with van der Waals surface area (Å²) in [7, 11) is 0. The Morgan fingerprint density at radius 3 is 2.77 bits per heavy atom. The van der Waals surface area contributed by atoms with Crippen LogP contribution in [0.3, 0.4) is 0 Å². The lowest BCUT2D eigenvalue weighted by molar-refractivity contribution is 0.0630. The van der Waals surface area contributed by atoms with E-state index in [4.69, 9.17) is 11.6 Å². The SMILES string of the molecule is CCN1C[C@@]2(C[C@@H]2CO)n2cc(C(=O)NCc3cccc(Cl)c3F)c(=O)c(O)c2C1=O. The predicted molar refractivity (Wildman–Crippen MR) is 110 cm³/mol. The second-order valence-electron chi connectivity index (χ2n) is 7.84. The number of pyridine rings is 1. The van der Waals surface area contributed by atoms with E-state index in [-0.39, 0.29) is 40.9 Å². The zero-order chi connectivity index (χ0) is 22.5. The van der Waals surface area contributed by atoms with Crippen LogP contribution >= 0.6 is 11.6 Å². The van der Waals surface area contributed by atoms with Gasteiger partial charge in [-0.25, -0.2) is 4.39 Å². The molecule has 8 nitrogen and oxygen atoms in total. The minimum atomic E-state index is -0.988. The van der Waals surface area contributed by atoms with Gasteiger partial charge in [0, 0.05) is 43.9 Å². The van der Waals surface area contributed by atoms with Crippen molar-refractivity contribution in [1.29, 1.82) is 0 Å². The first-order valence-electron chi connectivity index (χ1n) is 9.85. The highest BCUT2D eigenvalue weighted by molar-refractivity contribution is 6.30. The van der Waals surface area contributed by atoms with Crippen LogP contribution in [0.15, 0.2) is 29.2 Å². The highest BCUT2D eigenvalue weighted by Gasteiger charge is 2.60. The number of aromatic hydroxyl groups is 1. The number of nitrogens with one attached hydrogen (secondary N) is 1. The number of rotatable bonds is 5. The fourth-order valence-electron chi connectivity index (χ4n) is 4.25. The van der Waals surface area contributed by atoms with Crippen molar-refractivity contribution >= 4 is 23.4 Å². The molecule has 0 saturated heterocycles. The monoisotopic (exact) mass is 449 g/mol. The number of amides is 2. The molecule has 0 bridgehead atoms. The number of hydrogen-bond acceptors (Lipinski definition) is 5. The minimum absolute atomic E-state index is 0.0945. The molecule has 2 aliphatic rings. The molecular weight excluding hydrogens is 429 g/mol. The van der Waals surface area contributed by atoms with Gasteiger partial charge in [-0.05, 0) is 19.4 Å². The number of nitrogens with zero attached hydrogens (tertiary/aromatic N) is 2. The number of carbonyl (C=O) groups excluding carboxylic acids is 2. The lowest BCUT2D eigenvalue weighted by Gasteiger charge is -2.37. The van der Waals surface area contributed by atoms with Crippen LogP contribution in [0.2, 0.25) is 5.02 Å². The zero-order valence-electron chi connectivity index (χ0n) is 16.7. The lowest BCUT2D eigenvalue weighted by atomic mass is 10.0. The highest BCUT2D eigenvalue weighted by atomic mass is 35.5. The third-order valence-corrected chi connectivity index (χ3v) is 6.43. The zero-order valence-corrected chi connectivity index (χ0v) is 17.4. The van der Waals surface area contributed by atoms with Crippen LogP contribution in [0, 0.1) is 11.7 Å². The Bertz CT molecular complexity index is 1150. The van der Waals surface area contributed by atoms with E-state index in [1.807, 2.05) is 0 Å². The third kappa shape index (κ3) is 3.28. The summed E-state index contributed by atoms with van der Waals surface area (Å²) in [6.45, 7) is 2.11. The third-order valence-electron chi connectivity index (χ3n) is 6.13. The van der Waals surface area contributed by atoms with Crippen LogP contribution < -0.4 is 10.7 Å². The van der Waals surface area contributed by atoms with E-state index in [9.17, 15) is 29.0 Å². The Balaban J connectivity index is 1.72. The van der Waals surface area contributed by atoms with Gasteiger partial charge in [-0.15, -0.1) is 0 Å². The molecule has 1 saturated carbocycles. The van der Waals surface area contributed by atoms with Gasteiger partial charge in [0.05, 0.1) is 10.6 Å². The highest BCUT2D eigenvalue weighted by Crippen LogP contribution is 2.53. The minimum Gasteiger partial charge on any atom is -0.503 e. The number of aromatic nitrogens is 1. The molecule has 3 N–H and O–H groups in total. The summed E-state index contributed by atoms with van der Waals surface area (Å²) in [4.78, 5) is 39.7. The molecule has 1 aliphatic carbocycles. The summed E-state index contributed by atoms with van der Waals surface area (Å²) in [5.41, 5.74) is -2.10. The molecule has 1 fully saturated rings. The average molecular weight is 450 g/mol. The molecule has 1 aliphatic heterocycles. The van der Waals surface area contributed by atoms with Crippen LogP contribution in [0.25, 0.3) is 0 Å². The fraction of sp³-hybridized carbons (Fsp3) is 0.381. The number of aliphatic hydroxyl groups is 1. The Morgan fingerprint density at radius 2 is 2.13 bits per heavy atom. The summed E-state index contributed by atoms with van der Waals surface area (Å²) in [6, 6.07) is 4.35. The molecule has 4 rings (SSSR count). The van der Waals surface area contributed by atoms with Gasteiger partial charge in [0.25, 0.3) is 11.8 Å². The van der Waals surface area contributed by atoms with Crippen LogP contribution in [-0.2, 0) is 12.1 Å². The average Bonchev–Trinajstić information content (AvgIpc) is 3.47. The predicted octanol–water partition coefficient (Wildman–Crippen LogP) is 1.46. The number of halogens is 2. The Morgan fingerprint density at radius 1 is 1.39 bits per heavy atom. The number of carbonyl (C=O) groups is 2. The maximum Gasteiger partial charge on any atom is 0.274 e. The summed E-state index contributed by atoms with van der Waals surface area (Å²) in [6.07, 6.45) is 1.79.